The van der Waals surface area contributed by atoms with Gasteiger partial charge in [0.15, 0.2) is 0 Å². The van der Waals surface area contributed by atoms with Crippen molar-refractivity contribution in [2.45, 2.75) is 19.4 Å². The average Bonchev–Trinajstić information content (AvgIpc) is 2.13. The monoisotopic (exact) mass is 231 g/mol. The molecule has 1 aromatic rings. The molecule has 4 nitrogen and oxygen atoms in total. The van der Waals surface area contributed by atoms with Crippen LogP contribution in [0.25, 0.3) is 0 Å². The number of aromatic hydroxyl groups is 1. The zero-order valence-electron chi connectivity index (χ0n) is 8.73. The van der Waals surface area contributed by atoms with Gasteiger partial charge in [0, 0.05) is 11.6 Å². The van der Waals surface area contributed by atoms with Crippen molar-refractivity contribution in [1.29, 1.82) is 0 Å². The van der Waals surface area contributed by atoms with E-state index in [1.165, 1.54) is 0 Å². The minimum atomic E-state index is -0.247. The molecule has 0 aliphatic carbocycles. The number of anilines is 1. The van der Waals surface area contributed by atoms with Crippen LogP contribution in [0.1, 0.15) is 23.6 Å². The maximum atomic E-state index is 9.73. The largest absolute Gasteiger partial charge is 0.505 e. The molecule has 0 bridgehead atoms. The predicted molar refractivity (Wildman–Crippen MR) is 65.1 cm³/mol. The number of phenolic OH excluding ortho intramolecular Hbond substituents is 1. The van der Waals surface area contributed by atoms with Crippen molar-refractivity contribution >= 4 is 18.1 Å². The van der Waals surface area contributed by atoms with E-state index in [0.717, 1.165) is 5.56 Å². The van der Waals surface area contributed by atoms with Crippen LogP contribution in [0.4, 0.5) is 5.69 Å². The highest BCUT2D eigenvalue weighted by atomic mass is 35.5. The van der Waals surface area contributed by atoms with Gasteiger partial charge in [-0.2, -0.15) is 0 Å². The van der Waals surface area contributed by atoms with E-state index in [1.54, 1.807) is 6.07 Å². The van der Waals surface area contributed by atoms with Gasteiger partial charge < -0.3 is 22.3 Å². The Labute approximate surface area is 95.9 Å². The minimum absolute atomic E-state index is 0. The third-order valence-electron chi connectivity index (χ3n) is 2.31. The van der Waals surface area contributed by atoms with Gasteiger partial charge in [-0.15, -0.1) is 12.4 Å². The van der Waals surface area contributed by atoms with Gasteiger partial charge in [0.1, 0.15) is 5.75 Å². The molecule has 1 atom stereocenters. The Hall–Kier alpha value is -0.970. The number of aryl methyl sites for hydroxylation is 1. The summed E-state index contributed by atoms with van der Waals surface area (Å²) in [5.41, 5.74) is 18.9. The second-order valence-electron chi connectivity index (χ2n) is 3.42. The van der Waals surface area contributed by atoms with Crippen molar-refractivity contribution in [3.8, 4) is 5.75 Å². The summed E-state index contributed by atoms with van der Waals surface area (Å²) in [7, 11) is 0. The predicted octanol–water partition coefficient (Wildman–Crippen LogP) is 1.05. The Morgan fingerprint density at radius 2 is 2.00 bits per heavy atom. The lowest BCUT2D eigenvalue weighted by atomic mass is 9.97. The summed E-state index contributed by atoms with van der Waals surface area (Å²) >= 11 is 0. The molecule has 15 heavy (non-hydrogen) atoms. The summed E-state index contributed by atoms with van der Waals surface area (Å²) < 4.78 is 0. The van der Waals surface area contributed by atoms with Crippen LogP contribution < -0.4 is 17.2 Å². The Morgan fingerprint density at radius 3 is 2.53 bits per heavy atom. The highest BCUT2D eigenvalue weighted by molar-refractivity contribution is 5.85. The first-order valence-corrected chi connectivity index (χ1v) is 4.61. The number of rotatable bonds is 3. The second kappa shape index (κ2) is 5.80. The number of hydrogen-bond acceptors (Lipinski definition) is 4. The average molecular weight is 232 g/mol. The van der Waals surface area contributed by atoms with Crippen LogP contribution in [0, 0.1) is 6.92 Å². The molecule has 1 rings (SSSR count). The fourth-order valence-corrected chi connectivity index (χ4v) is 1.52. The highest BCUT2D eigenvalue weighted by Crippen LogP contribution is 2.32. The molecule has 0 amide bonds. The zero-order valence-corrected chi connectivity index (χ0v) is 9.55. The van der Waals surface area contributed by atoms with Crippen LogP contribution in [-0.2, 0) is 0 Å². The third kappa shape index (κ3) is 2.99. The number of halogens is 1. The van der Waals surface area contributed by atoms with Gasteiger partial charge in [0.2, 0.25) is 0 Å². The minimum Gasteiger partial charge on any atom is -0.505 e. The second-order valence-corrected chi connectivity index (χ2v) is 3.42. The summed E-state index contributed by atoms with van der Waals surface area (Å²) in [6.45, 7) is 2.39. The molecule has 0 heterocycles. The molecular formula is C10H18ClN3O. The summed E-state index contributed by atoms with van der Waals surface area (Å²) in [6, 6.07) is 3.27. The Bertz CT molecular complexity index is 331. The van der Waals surface area contributed by atoms with Crippen LogP contribution in [0.5, 0.6) is 5.75 Å². The summed E-state index contributed by atoms with van der Waals surface area (Å²) in [4.78, 5) is 0. The van der Waals surface area contributed by atoms with E-state index in [-0.39, 0.29) is 24.2 Å². The van der Waals surface area contributed by atoms with E-state index in [1.807, 2.05) is 13.0 Å². The highest BCUT2D eigenvalue weighted by Gasteiger charge is 2.14. The molecule has 0 aliphatic heterocycles. The number of nitrogens with two attached hydrogens (primary N) is 3. The van der Waals surface area contributed by atoms with Crippen LogP contribution in [0.15, 0.2) is 12.1 Å². The van der Waals surface area contributed by atoms with E-state index < -0.39 is 0 Å². The molecule has 0 radical (unpaired) electrons. The zero-order chi connectivity index (χ0) is 10.7. The summed E-state index contributed by atoms with van der Waals surface area (Å²) in [5.74, 6) is 0.0888. The Morgan fingerprint density at radius 1 is 1.40 bits per heavy atom. The van der Waals surface area contributed by atoms with Crippen molar-refractivity contribution in [3.05, 3.63) is 23.3 Å². The normalized spacial score (nSPS) is 11.9. The molecule has 7 N–H and O–H groups in total. The smallest absolute Gasteiger partial charge is 0.143 e. The maximum Gasteiger partial charge on any atom is 0.143 e. The maximum absolute atomic E-state index is 9.73. The van der Waals surface area contributed by atoms with E-state index in [2.05, 4.69) is 0 Å². The molecule has 5 heteroatoms. The van der Waals surface area contributed by atoms with Crippen molar-refractivity contribution in [1.82, 2.24) is 0 Å². The number of nitrogen functional groups attached to an aromatic ring is 1. The summed E-state index contributed by atoms with van der Waals surface area (Å²) in [6.07, 6.45) is 0.637. The number of benzene rings is 1. The molecule has 0 aliphatic rings. The van der Waals surface area contributed by atoms with Gasteiger partial charge in [-0.05, 0) is 31.5 Å². The van der Waals surface area contributed by atoms with Gasteiger partial charge in [0.05, 0.1) is 5.69 Å². The standard InChI is InChI=1S/C10H17N3O.ClH/c1-6-2-3-8(13)10(14)9(6)7(12)4-5-11;/h2-3,7,14H,4-5,11-13H2,1H3;1H/t7-;/m0./s1. The Balaban J connectivity index is 0.00000196. The summed E-state index contributed by atoms with van der Waals surface area (Å²) in [5, 5.41) is 9.73. The van der Waals surface area contributed by atoms with Gasteiger partial charge >= 0.3 is 0 Å². The first-order valence-electron chi connectivity index (χ1n) is 4.61. The molecule has 1 aromatic carbocycles. The van der Waals surface area contributed by atoms with Gasteiger partial charge in [-0.1, -0.05) is 6.07 Å². The first-order chi connectivity index (χ1) is 6.57. The lowest BCUT2D eigenvalue weighted by Crippen LogP contribution is -2.16. The Kier molecular flexibility index (Phi) is 5.43. The first kappa shape index (κ1) is 14.0. The quantitative estimate of drug-likeness (QED) is 0.462. The topological polar surface area (TPSA) is 98.3 Å². The third-order valence-corrected chi connectivity index (χ3v) is 2.31. The molecule has 0 fully saturated rings. The molecule has 0 unspecified atom stereocenters. The van der Waals surface area contributed by atoms with Crippen molar-refractivity contribution in [2.75, 3.05) is 12.3 Å². The van der Waals surface area contributed by atoms with Gasteiger partial charge in [-0.3, -0.25) is 0 Å². The van der Waals surface area contributed by atoms with Crippen molar-refractivity contribution in [3.63, 3.8) is 0 Å². The van der Waals surface area contributed by atoms with E-state index in [4.69, 9.17) is 17.2 Å². The van der Waals surface area contributed by atoms with Crippen LogP contribution >= 0.6 is 12.4 Å². The fraction of sp³-hybridized carbons (Fsp3) is 0.400. The van der Waals surface area contributed by atoms with E-state index in [9.17, 15) is 5.11 Å². The van der Waals surface area contributed by atoms with Crippen LogP contribution in [-0.4, -0.2) is 11.7 Å². The number of hydrogen-bond donors (Lipinski definition) is 4. The molecule has 0 aromatic heterocycles. The fourth-order valence-electron chi connectivity index (χ4n) is 1.52. The van der Waals surface area contributed by atoms with Crippen LogP contribution in [0.2, 0.25) is 0 Å². The lowest BCUT2D eigenvalue weighted by molar-refractivity contribution is 0.461. The van der Waals surface area contributed by atoms with Gasteiger partial charge in [-0.25, -0.2) is 0 Å². The van der Waals surface area contributed by atoms with E-state index in [0.29, 0.717) is 24.2 Å². The SMILES string of the molecule is Cc1ccc(N)c(O)c1[C@@H](N)CCN.Cl. The van der Waals surface area contributed by atoms with Gasteiger partial charge in [0.25, 0.3) is 0 Å². The van der Waals surface area contributed by atoms with E-state index >= 15 is 0 Å². The molecule has 0 saturated heterocycles. The molecular weight excluding hydrogens is 214 g/mol. The molecule has 0 spiro atoms. The van der Waals surface area contributed by atoms with Crippen molar-refractivity contribution < 1.29 is 5.11 Å². The molecule has 86 valence electrons. The molecule has 0 saturated carbocycles. The van der Waals surface area contributed by atoms with Crippen LogP contribution in [0.3, 0.4) is 0 Å². The lowest BCUT2D eigenvalue weighted by Gasteiger charge is -2.16. The number of phenols is 1. The van der Waals surface area contributed by atoms with Crippen molar-refractivity contribution in [2.24, 2.45) is 11.5 Å².